The summed E-state index contributed by atoms with van der Waals surface area (Å²) in [5, 5.41) is 6.31. The number of benzene rings is 1. The third-order valence-corrected chi connectivity index (χ3v) is 4.72. The van der Waals surface area contributed by atoms with E-state index in [9.17, 15) is 4.79 Å². The van der Waals surface area contributed by atoms with Gasteiger partial charge in [0.15, 0.2) is 0 Å². The molecule has 1 saturated carbocycles. The summed E-state index contributed by atoms with van der Waals surface area (Å²) in [4.78, 5) is 12.3. The summed E-state index contributed by atoms with van der Waals surface area (Å²) in [6.07, 6.45) is 2.28. The van der Waals surface area contributed by atoms with Crippen molar-refractivity contribution in [2.75, 3.05) is 33.4 Å². The van der Waals surface area contributed by atoms with Crippen LogP contribution in [0, 0.1) is 11.8 Å². The SMILES string of the molecule is COCCNCCNC(=O)C1C2CCc3ccccc3C21. The van der Waals surface area contributed by atoms with Gasteiger partial charge in [0.25, 0.3) is 0 Å². The summed E-state index contributed by atoms with van der Waals surface area (Å²) in [6.45, 7) is 3.03. The van der Waals surface area contributed by atoms with Gasteiger partial charge in [0.05, 0.1) is 6.61 Å². The Hall–Kier alpha value is -1.39. The van der Waals surface area contributed by atoms with E-state index < -0.39 is 0 Å². The first kappa shape index (κ1) is 14.5. The van der Waals surface area contributed by atoms with Crippen molar-refractivity contribution in [1.82, 2.24) is 10.6 Å². The maximum absolute atomic E-state index is 12.3. The van der Waals surface area contributed by atoms with E-state index in [1.807, 2.05) is 0 Å². The number of hydrogen-bond donors (Lipinski definition) is 2. The Morgan fingerprint density at radius 3 is 3.00 bits per heavy atom. The Morgan fingerprint density at radius 1 is 1.29 bits per heavy atom. The number of fused-ring (bicyclic) bond motifs is 3. The Balaban J connectivity index is 1.46. The first-order chi connectivity index (χ1) is 10.3. The van der Waals surface area contributed by atoms with Crippen molar-refractivity contribution < 1.29 is 9.53 Å². The second-order valence-electron chi connectivity index (χ2n) is 5.99. The molecule has 0 saturated heterocycles. The topological polar surface area (TPSA) is 50.4 Å². The fraction of sp³-hybridized carbons (Fsp3) is 0.588. The number of methoxy groups -OCH3 is 1. The van der Waals surface area contributed by atoms with Gasteiger partial charge in [-0.3, -0.25) is 4.79 Å². The minimum absolute atomic E-state index is 0.202. The van der Waals surface area contributed by atoms with Crippen molar-refractivity contribution in [1.29, 1.82) is 0 Å². The average molecular weight is 288 g/mol. The highest BCUT2D eigenvalue weighted by Gasteiger charge is 2.56. The highest BCUT2D eigenvalue weighted by molar-refractivity contribution is 5.84. The lowest BCUT2D eigenvalue weighted by molar-refractivity contribution is -0.122. The van der Waals surface area contributed by atoms with Gasteiger partial charge >= 0.3 is 0 Å². The second kappa shape index (κ2) is 6.58. The molecule has 2 aliphatic carbocycles. The van der Waals surface area contributed by atoms with Gasteiger partial charge in [0.2, 0.25) is 5.91 Å². The monoisotopic (exact) mass is 288 g/mol. The van der Waals surface area contributed by atoms with Gasteiger partial charge in [0, 0.05) is 32.7 Å². The molecule has 0 heterocycles. The Morgan fingerprint density at radius 2 is 2.14 bits per heavy atom. The third kappa shape index (κ3) is 3.11. The predicted molar refractivity (Wildman–Crippen MR) is 82.2 cm³/mol. The Labute approximate surface area is 126 Å². The first-order valence-corrected chi connectivity index (χ1v) is 7.88. The zero-order valence-electron chi connectivity index (χ0n) is 12.6. The van der Waals surface area contributed by atoms with Crippen molar-refractivity contribution in [2.45, 2.75) is 18.8 Å². The van der Waals surface area contributed by atoms with Crippen LogP contribution < -0.4 is 10.6 Å². The van der Waals surface area contributed by atoms with Crippen molar-refractivity contribution in [3.8, 4) is 0 Å². The number of rotatable bonds is 7. The summed E-state index contributed by atoms with van der Waals surface area (Å²) >= 11 is 0. The van der Waals surface area contributed by atoms with Crippen molar-refractivity contribution >= 4 is 5.91 Å². The number of amides is 1. The molecule has 2 N–H and O–H groups in total. The maximum atomic E-state index is 12.3. The molecule has 1 amide bonds. The number of nitrogens with one attached hydrogen (secondary N) is 2. The van der Waals surface area contributed by atoms with Crippen molar-refractivity contribution in [2.24, 2.45) is 11.8 Å². The van der Waals surface area contributed by atoms with Crippen LogP contribution in [-0.2, 0) is 16.0 Å². The fourth-order valence-corrected chi connectivity index (χ4v) is 3.61. The van der Waals surface area contributed by atoms with Gasteiger partial charge in [-0.2, -0.15) is 0 Å². The summed E-state index contributed by atoms with van der Waals surface area (Å²) in [6, 6.07) is 8.60. The lowest BCUT2D eigenvalue weighted by atomic mass is 9.92. The number of carbonyl (C=O) groups is 1. The number of aryl methyl sites for hydroxylation is 1. The molecule has 21 heavy (non-hydrogen) atoms. The molecule has 0 spiro atoms. The lowest BCUT2D eigenvalue weighted by Crippen LogP contribution is -2.34. The molecule has 0 radical (unpaired) electrons. The molecule has 3 atom stereocenters. The van der Waals surface area contributed by atoms with Crippen LogP contribution in [0.4, 0.5) is 0 Å². The highest BCUT2D eigenvalue weighted by atomic mass is 16.5. The van der Waals surface area contributed by atoms with Crippen molar-refractivity contribution in [3.63, 3.8) is 0 Å². The minimum atomic E-state index is 0.202. The van der Waals surface area contributed by atoms with E-state index in [-0.39, 0.29) is 11.8 Å². The highest BCUT2D eigenvalue weighted by Crippen LogP contribution is 2.59. The normalized spacial score (nSPS) is 25.9. The van der Waals surface area contributed by atoms with Crippen LogP contribution in [0.5, 0.6) is 0 Å². The molecule has 4 nitrogen and oxygen atoms in total. The van der Waals surface area contributed by atoms with Gasteiger partial charge in [0.1, 0.15) is 0 Å². The van der Waals surface area contributed by atoms with E-state index in [1.54, 1.807) is 7.11 Å². The molecule has 1 aromatic carbocycles. The molecule has 0 aromatic heterocycles. The second-order valence-corrected chi connectivity index (χ2v) is 5.99. The number of ether oxygens (including phenoxy) is 1. The molecule has 114 valence electrons. The zero-order chi connectivity index (χ0) is 14.7. The van der Waals surface area contributed by atoms with Crippen LogP contribution in [-0.4, -0.2) is 39.3 Å². The number of carbonyl (C=O) groups excluding carboxylic acids is 1. The molecule has 4 heteroatoms. The van der Waals surface area contributed by atoms with E-state index in [2.05, 4.69) is 34.9 Å². The van der Waals surface area contributed by atoms with Gasteiger partial charge < -0.3 is 15.4 Å². The zero-order valence-corrected chi connectivity index (χ0v) is 12.6. The first-order valence-electron chi connectivity index (χ1n) is 7.88. The minimum Gasteiger partial charge on any atom is -0.383 e. The van der Waals surface area contributed by atoms with Crippen LogP contribution >= 0.6 is 0 Å². The molecule has 3 rings (SSSR count). The summed E-state index contributed by atoms with van der Waals surface area (Å²) < 4.78 is 4.97. The molecule has 3 unspecified atom stereocenters. The van der Waals surface area contributed by atoms with E-state index in [0.29, 0.717) is 25.0 Å². The van der Waals surface area contributed by atoms with Crippen LogP contribution in [0.15, 0.2) is 24.3 Å². The fourth-order valence-electron chi connectivity index (χ4n) is 3.61. The molecule has 1 fully saturated rings. The van der Waals surface area contributed by atoms with E-state index in [4.69, 9.17) is 4.74 Å². The lowest BCUT2D eigenvalue weighted by Gasteiger charge is -2.13. The molecule has 1 aromatic rings. The summed E-state index contributed by atoms with van der Waals surface area (Å²) in [7, 11) is 1.69. The predicted octanol–water partition coefficient (Wildman–Crippen LogP) is 1.31. The Bertz CT molecular complexity index is 503. The van der Waals surface area contributed by atoms with E-state index in [1.165, 1.54) is 11.1 Å². The third-order valence-electron chi connectivity index (χ3n) is 4.72. The molecular weight excluding hydrogens is 264 g/mol. The van der Waals surface area contributed by atoms with Crippen LogP contribution in [0.25, 0.3) is 0 Å². The molecular formula is C17H24N2O2. The smallest absolute Gasteiger partial charge is 0.224 e. The van der Waals surface area contributed by atoms with Gasteiger partial charge in [-0.15, -0.1) is 0 Å². The van der Waals surface area contributed by atoms with Crippen LogP contribution in [0.3, 0.4) is 0 Å². The molecule has 0 aliphatic heterocycles. The quantitative estimate of drug-likeness (QED) is 0.744. The standard InChI is InChI=1S/C17H24N2O2/c1-21-11-10-18-8-9-19-17(20)16-14-7-6-12-4-2-3-5-13(12)15(14)16/h2-5,14-16,18H,6-11H2,1H3,(H,19,20). The molecule has 0 bridgehead atoms. The number of hydrogen-bond acceptors (Lipinski definition) is 3. The summed E-state index contributed by atoms with van der Waals surface area (Å²) in [5.41, 5.74) is 2.85. The summed E-state index contributed by atoms with van der Waals surface area (Å²) in [5.74, 6) is 1.47. The van der Waals surface area contributed by atoms with Gasteiger partial charge in [-0.05, 0) is 35.8 Å². The van der Waals surface area contributed by atoms with Crippen molar-refractivity contribution in [3.05, 3.63) is 35.4 Å². The average Bonchev–Trinajstić information content (AvgIpc) is 3.25. The van der Waals surface area contributed by atoms with Crippen LogP contribution in [0.1, 0.15) is 23.5 Å². The largest absolute Gasteiger partial charge is 0.383 e. The van der Waals surface area contributed by atoms with Gasteiger partial charge in [-0.1, -0.05) is 24.3 Å². The Kier molecular flexibility index (Phi) is 4.56. The van der Waals surface area contributed by atoms with Crippen LogP contribution in [0.2, 0.25) is 0 Å². The van der Waals surface area contributed by atoms with E-state index >= 15 is 0 Å². The maximum Gasteiger partial charge on any atom is 0.224 e. The van der Waals surface area contributed by atoms with E-state index in [0.717, 1.165) is 25.9 Å². The van der Waals surface area contributed by atoms with Gasteiger partial charge in [-0.25, -0.2) is 0 Å². The molecule has 2 aliphatic rings.